The van der Waals surface area contributed by atoms with Gasteiger partial charge in [-0.05, 0) is 13.8 Å². The monoisotopic (exact) mass is 210 g/mol. The first-order chi connectivity index (χ1) is 7.15. The number of carbonyl (C=O) groups excluding carboxylic acids is 2. The highest BCUT2D eigenvalue weighted by atomic mass is 16.2. The van der Waals surface area contributed by atoms with E-state index in [0.717, 1.165) is 0 Å². The summed E-state index contributed by atoms with van der Waals surface area (Å²) in [7, 11) is 0. The van der Waals surface area contributed by atoms with Crippen LogP contribution in [0, 0.1) is 6.92 Å². The number of aromatic amines is 1. The van der Waals surface area contributed by atoms with Gasteiger partial charge in [0.15, 0.2) is 0 Å². The van der Waals surface area contributed by atoms with Gasteiger partial charge in [-0.2, -0.15) is 5.10 Å². The summed E-state index contributed by atoms with van der Waals surface area (Å²) < 4.78 is 0. The van der Waals surface area contributed by atoms with E-state index in [1.807, 2.05) is 6.92 Å². The Bertz CT molecular complexity index is 359. The van der Waals surface area contributed by atoms with Crippen LogP contribution < -0.4 is 10.6 Å². The van der Waals surface area contributed by atoms with Crippen molar-refractivity contribution in [3.05, 3.63) is 17.5 Å². The molecule has 6 heteroatoms. The minimum absolute atomic E-state index is 0.0166. The summed E-state index contributed by atoms with van der Waals surface area (Å²) >= 11 is 0. The van der Waals surface area contributed by atoms with Gasteiger partial charge in [0, 0.05) is 12.2 Å². The highest BCUT2D eigenvalue weighted by molar-refractivity contribution is 5.97. The molecule has 3 N–H and O–H groups in total. The van der Waals surface area contributed by atoms with Gasteiger partial charge in [-0.1, -0.05) is 0 Å². The smallest absolute Gasteiger partial charge is 0.255 e. The second-order valence-corrected chi connectivity index (χ2v) is 3.04. The van der Waals surface area contributed by atoms with Crippen molar-refractivity contribution in [2.75, 3.05) is 13.1 Å². The Labute approximate surface area is 87.4 Å². The molecule has 0 saturated carbocycles. The first-order valence-electron chi connectivity index (χ1n) is 4.70. The van der Waals surface area contributed by atoms with Crippen LogP contribution in [0.5, 0.6) is 0 Å². The molecule has 1 aromatic heterocycles. The predicted molar refractivity (Wildman–Crippen MR) is 54.3 cm³/mol. The lowest BCUT2D eigenvalue weighted by Gasteiger charge is -2.04. The van der Waals surface area contributed by atoms with Gasteiger partial charge in [0.05, 0.1) is 18.3 Å². The van der Waals surface area contributed by atoms with Crippen LogP contribution in [0.1, 0.15) is 23.0 Å². The number of nitrogens with zero attached hydrogens (tertiary/aromatic N) is 1. The molecule has 0 aromatic carbocycles. The van der Waals surface area contributed by atoms with E-state index in [2.05, 4.69) is 20.8 Å². The minimum atomic E-state index is -0.299. The standard InChI is InChI=1S/C9H14N4O2/c1-3-10-8(14)5-11-9(15)7-4-12-13-6(7)2/h4H,3,5H2,1-2H3,(H,10,14)(H,11,15)(H,12,13). The molecule has 15 heavy (non-hydrogen) atoms. The average molecular weight is 210 g/mol. The van der Waals surface area contributed by atoms with E-state index < -0.39 is 0 Å². The third kappa shape index (κ3) is 3.08. The number of carbonyl (C=O) groups is 2. The van der Waals surface area contributed by atoms with E-state index in [9.17, 15) is 9.59 Å². The van der Waals surface area contributed by atoms with Gasteiger partial charge in [-0.25, -0.2) is 0 Å². The number of aromatic nitrogens is 2. The van der Waals surface area contributed by atoms with Crippen LogP contribution >= 0.6 is 0 Å². The Morgan fingerprint density at radius 3 is 2.73 bits per heavy atom. The van der Waals surface area contributed by atoms with Crippen molar-refractivity contribution in [2.45, 2.75) is 13.8 Å². The number of nitrogens with one attached hydrogen (secondary N) is 3. The summed E-state index contributed by atoms with van der Waals surface area (Å²) in [4.78, 5) is 22.5. The Morgan fingerprint density at radius 2 is 2.20 bits per heavy atom. The molecule has 82 valence electrons. The van der Waals surface area contributed by atoms with Crippen molar-refractivity contribution < 1.29 is 9.59 Å². The Morgan fingerprint density at radius 1 is 1.47 bits per heavy atom. The number of hydrogen-bond acceptors (Lipinski definition) is 3. The molecule has 1 rings (SSSR count). The van der Waals surface area contributed by atoms with Crippen molar-refractivity contribution >= 4 is 11.8 Å². The topological polar surface area (TPSA) is 86.9 Å². The SMILES string of the molecule is CCNC(=O)CNC(=O)c1cn[nH]c1C. The lowest BCUT2D eigenvalue weighted by atomic mass is 10.2. The van der Waals surface area contributed by atoms with Crippen LogP contribution in [0.25, 0.3) is 0 Å². The first-order valence-corrected chi connectivity index (χ1v) is 4.70. The van der Waals surface area contributed by atoms with Gasteiger partial charge in [0.1, 0.15) is 0 Å². The third-order valence-corrected chi connectivity index (χ3v) is 1.86. The summed E-state index contributed by atoms with van der Waals surface area (Å²) in [5.41, 5.74) is 1.14. The summed E-state index contributed by atoms with van der Waals surface area (Å²) in [6.07, 6.45) is 1.43. The molecule has 0 radical (unpaired) electrons. The van der Waals surface area contributed by atoms with Gasteiger partial charge in [0.2, 0.25) is 5.91 Å². The largest absolute Gasteiger partial charge is 0.355 e. The molecule has 0 aliphatic rings. The van der Waals surface area contributed by atoms with Gasteiger partial charge in [-0.3, -0.25) is 14.7 Å². The van der Waals surface area contributed by atoms with Gasteiger partial charge < -0.3 is 10.6 Å². The second kappa shape index (κ2) is 5.14. The maximum absolute atomic E-state index is 11.5. The number of rotatable bonds is 4. The third-order valence-electron chi connectivity index (χ3n) is 1.86. The van der Waals surface area contributed by atoms with Crippen LogP contribution in [0.4, 0.5) is 0 Å². The molecule has 0 aliphatic heterocycles. The van der Waals surface area contributed by atoms with Crippen LogP contribution in [-0.4, -0.2) is 35.1 Å². The molecule has 0 fully saturated rings. The molecular formula is C9H14N4O2. The fourth-order valence-electron chi connectivity index (χ4n) is 1.10. The van der Waals surface area contributed by atoms with E-state index >= 15 is 0 Å². The van der Waals surface area contributed by atoms with Crippen LogP contribution in [-0.2, 0) is 4.79 Å². The molecule has 0 saturated heterocycles. The zero-order chi connectivity index (χ0) is 11.3. The molecular weight excluding hydrogens is 196 g/mol. The van der Waals surface area contributed by atoms with Gasteiger partial charge >= 0.3 is 0 Å². The second-order valence-electron chi connectivity index (χ2n) is 3.04. The van der Waals surface area contributed by atoms with Crippen LogP contribution in [0.2, 0.25) is 0 Å². The van der Waals surface area contributed by atoms with E-state index in [1.165, 1.54) is 6.20 Å². The summed E-state index contributed by atoms with van der Waals surface area (Å²) in [6, 6.07) is 0. The van der Waals surface area contributed by atoms with Crippen LogP contribution in [0.15, 0.2) is 6.20 Å². The Kier molecular flexibility index (Phi) is 3.84. The maximum atomic E-state index is 11.5. The molecule has 0 unspecified atom stereocenters. The molecule has 0 aliphatic carbocycles. The van der Waals surface area contributed by atoms with E-state index in [-0.39, 0.29) is 18.4 Å². The number of aryl methyl sites for hydroxylation is 1. The van der Waals surface area contributed by atoms with Crippen LogP contribution in [0.3, 0.4) is 0 Å². The lowest BCUT2D eigenvalue weighted by Crippen LogP contribution is -2.36. The Balaban J connectivity index is 2.44. The first kappa shape index (κ1) is 11.2. The van der Waals surface area contributed by atoms with E-state index in [0.29, 0.717) is 17.8 Å². The number of H-pyrrole nitrogens is 1. The van der Waals surface area contributed by atoms with Gasteiger partial charge in [-0.15, -0.1) is 0 Å². The molecule has 0 bridgehead atoms. The summed E-state index contributed by atoms with van der Waals surface area (Å²) in [5.74, 6) is -0.500. The molecule has 0 atom stereocenters. The highest BCUT2D eigenvalue weighted by Crippen LogP contribution is 2.00. The number of likely N-dealkylation sites (N-methyl/N-ethyl adjacent to an activating group) is 1. The van der Waals surface area contributed by atoms with Crippen molar-refractivity contribution in [2.24, 2.45) is 0 Å². The Hall–Kier alpha value is -1.85. The maximum Gasteiger partial charge on any atom is 0.255 e. The molecule has 1 aromatic rings. The van der Waals surface area contributed by atoms with Crippen molar-refractivity contribution in [1.29, 1.82) is 0 Å². The predicted octanol–water partition coefficient (Wildman–Crippen LogP) is -0.416. The normalized spacial score (nSPS) is 9.73. The molecule has 2 amide bonds. The lowest BCUT2D eigenvalue weighted by molar-refractivity contribution is -0.120. The fourth-order valence-corrected chi connectivity index (χ4v) is 1.10. The quantitative estimate of drug-likeness (QED) is 0.631. The van der Waals surface area contributed by atoms with E-state index in [1.54, 1.807) is 6.92 Å². The summed E-state index contributed by atoms with van der Waals surface area (Å²) in [6.45, 7) is 4.10. The number of amides is 2. The van der Waals surface area contributed by atoms with Crippen molar-refractivity contribution in [1.82, 2.24) is 20.8 Å². The summed E-state index contributed by atoms with van der Waals surface area (Å²) in [5, 5.41) is 11.5. The van der Waals surface area contributed by atoms with Crippen molar-refractivity contribution in [3.8, 4) is 0 Å². The zero-order valence-corrected chi connectivity index (χ0v) is 8.76. The molecule has 1 heterocycles. The minimum Gasteiger partial charge on any atom is -0.355 e. The number of hydrogen-bond donors (Lipinski definition) is 3. The fraction of sp³-hybridized carbons (Fsp3) is 0.444. The highest BCUT2D eigenvalue weighted by Gasteiger charge is 2.11. The zero-order valence-electron chi connectivity index (χ0n) is 8.76. The van der Waals surface area contributed by atoms with Gasteiger partial charge in [0.25, 0.3) is 5.91 Å². The molecule has 6 nitrogen and oxygen atoms in total. The molecule has 0 spiro atoms. The van der Waals surface area contributed by atoms with Crippen molar-refractivity contribution in [3.63, 3.8) is 0 Å². The average Bonchev–Trinajstić information content (AvgIpc) is 2.61. The van der Waals surface area contributed by atoms with E-state index in [4.69, 9.17) is 0 Å².